The van der Waals surface area contributed by atoms with Gasteiger partial charge in [-0.2, -0.15) is 13.2 Å². The highest BCUT2D eigenvalue weighted by atomic mass is 35.5. The minimum atomic E-state index is -4.88. The van der Waals surface area contributed by atoms with Crippen molar-refractivity contribution in [3.05, 3.63) is 99.0 Å². The van der Waals surface area contributed by atoms with Crippen LogP contribution in [-0.2, 0) is 21.0 Å². The molecule has 218 valence electrons. The number of primary amides is 1. The molecule has 1 heterocycles. The summed E-state index contributed by atoms with van der Waals surface area (Å²) in [5, 5.41) is 3.20. The second-order valence-electron chi connectivity index (χ2n) is 9.59. The van der Waals surface area contributed by atoms with Gasteiger partial charge in [0.05, 0.1) is 36.1 Å². The van der Waals surface area contributed by atoms with Crippen LogP contribution in [0.25, 0.3) is 0 Å². The maximum atomic E-state index is 13.8. The molecule has 1 saturated heterocycles. The zero-order valence-electron chi connectivity index (χ0n) is 21.5. The zero-order valence-corrected chi connectivity index (χ0v) is 23.9. The number of benzene rings is 3. The van der Waals surface area contributed by atoms with Crippen molar-refractivity contribution in [2.24, 2.45) is 5.73 Å². The van der Waals surface area contributed by atoms with E-state index >= 15 is 0 Å². The van der Waals surface area contributed by atoms with E-state index in [1.165, 1.54) is 0 Å². The predicted molar refractivity (Wildman–Crippen MR) is 150 cm³/mol. The Balaban J connectivity index is 1.69. The van der Waals surface area contributed by atoms with E-state index in [4.69, 9.17) is 28.9 Å². The molecule has 0 aliphatic carbocycles. The van der Waals surface area contributed by atoms with Crippen LogP contribution in [0.2, 0.25) is 10.0 Å². The fourth-order valence-corrected chi connectivity index (χ4v) is 6.14. The number of nitrogens with one attached hydrogen (secondary N) is 1. The second kappa shape index (κ2) is 11.9. The summed E-state index contributed by atoms with van der Waals surface area (Å²) in [6.07, 6.45) is -3.99. The summed E-state index contributed by atoms with van der Waals surface area (Å²) in [4.78, 5) is 25.6. The Morgan fingerprint density at radius 1 is 1.00 bits per heavy atom. The van der Waals surface area contributed by atoms with Gasteiger partial charge in [0, 0.05) is 28.7 Å². The molecule has 1 fully saturated rings. The van der Waals surface area contributed by atoms with E-state index < -0.39 is 51.7 Å². The van der Waals surface area contributed by atoms with Crippen molar-refractivity contribution in [3.63, 3.8) is 0 Å². The monoisotopic (exact) mass is 628 g/mol. The van der Waals surface area contributed by atoms with Crippen molar-refractivity contribution in [3.8, 4) is 0 Å². The number of amides is 2. The minimum absolute atomic E-state index is 0.169. The number of rotatable bonds is 9. The van der Waals surface area contributed by atoms with Gasteiger partial charge in [0.15, 0.2) is 0 Å². The van der Waals surface area contributed by atoms with Crippen LogP contribution in [-0.4, -0.2) is 57.1 Å². The quantitative estimate of drug-likeness (QED) is 0.363. The van der Waals surface area contributed by atoms with E-state index in [0.717, 1.165) is 27.8 Å². The van der Waals surface area contributed by atoms with Gasteiger partial charge in [0.1, 0.15) is 0 Å². The van der Waals surface area contributed by atoms with Crippen LogP contribution in [0.5, 0.6) is 0 Å². The highest BCUT2D eigenvalue weighted by Crippen LogP contribution is 2.39. The lowest BCUT2D eigenvalue weighted by Gasteiger charge is -2.49. The summed E-state index contributed by atoms with van der Waals surface area (Å²) in [5.74, 6) is -1.90. The van der Waals surface area contributed by atoms with Gasteiger partial charge in [-0.25, -0.2) is 8.42 Å². The van der Waals surface area contributed by atoms with Gasteiger partial charge in [-0.1, -0.05) is 47.5 Å². The maximum Gasteiger partial charge on any atom is 0.416 e. The second-order valence-corrected chi connectivity index (χ2v) is 12.3. The zero-order chi connectivity index (χ0) is 30.1. The van der Waals surface area contributed by atoms with Crippen LogP contribution in [0.4, 0.5) is 18.9 Å². The number of anilines is 1. The van der Waals surface area contributed by atoms with Crippen LogP contribution in [0.15, 0.2) is 66.7 Å². The van der Waals surface area contributed by atoms with Crippen molar-refractivity contribution in [1.82, 2.24) is 10.2 Å². The number of sulfonamides is 1. The van der Waals surface area contributed by atoms with Crippen molar-refractivity contribution < 1.29 is 31.2 Å². The third-order valence-corrected chi connectivity index (χ3v) is 8.23. The van der Waals surface area contributed by atoms with Gasteiger partial charge in [0.2, 0.25) is 15.9 Å². The molecule has 0 unspecified atom stereocenters. The molecule has 0 spiro atoms. The van der Waals surface area contributed by atoms with E-state index in [1.54, 1.807) is 24.3 Å². The molecule has 1 aliphatic heterocycles. The van der Waals surface area contributed by atoms with E-state index in [-0.39, 0.29) is 24.8 Å². The third kappa shape index (κ3) is 7.31. The molecule has 0 atom stereocenters. The first kappa shape index (κ1) is 30.6. The lowest BCUT2D eigenvalue weighted by molar-refractivity contribution is -0.137. The van der Waals surface area contributed by atoms with E-state index in [2.05, 4.69) is 5.32 Å². The van der Waals surface area contributed by atoms with Crippen LogP contribution in [0, 0.1) is 0 Å². The van der Waals surface area contributed by atoms with Crippen molar-refractivity contribution in [2.75, 3.05) is 30.2 Å². The fourth-order valence-electron chi connectivity index (χ4n) is 4.73. The largest absolute Gasteiger partial charge is 0.416 e. The van der Waals surface area contributed by atoms with E-state index in [1.807, 2.05) is 29.2 Å². The number of nitrogens with two attached hydrogens (primary N) is 1. The van der Waals surface area contributed by atoms with Crippen LogP contribution in [0.3, 0.4) is 0 Å². The number of carbonyl (C=O) groups is 2. The number of likely N-dealkylation sites (tertiary alicyclic amines) is 1. The average molecular weight is 629 g/mol. The number of nitrogens with zero attached hydrogens (tertiary/aromatic N) is 2. The summed E-state index contributed by atoms with van der Waals surface area (Å²) in [6, 6.07) is 15.5. The average Bonchev–Trinajstić information content (AvgIpc) is 2.86. The lowest BCUT2D eigenvalue weighted by Crippen LogP contribution is -2.61. The van der Waals surface area contributed by atoms with Gasteiger partial charge in [0.25, 0.3) is 5.91 Å². The standard InChI is InChI=1S/C27H25Cl2F3N4O4S/c1-41(39,40)36(22-11-18(26(38)34-13-24(33)37)10-19(12-22)27(30,31)32)23-14-35(15-23)25(16-2-6-20(28)7-3-16)17-4-8-21(29)9-5-17/h2-12,23,25H,13-15H2,1H3,(H2,33,37)(H,34,38). The molecule has 3 aromatic rings. The molecule has 8 nitrogen and oxygen atoms in total. The summed E-state index contributed by atoms with van der Waals surface area (Å²) >= 11 is 12.1. The lowest BCUT2D eigenvalue weighted by atomic mass is 9.93. The normalized spacial score (nSPS) is 14.5. The van der Waals surface area contributed by atoms with Gasteiger partial charge in [-0.3, -0.25) is 18.8 Å². The first-order valence-corrected chi connectivity index (χ1v) is 14.8. The molecule has 4 rings (SSSR count). The van der Waals surface area contributed by atoms with E-state index in [9.17, 15) is 31.2 Å². The van der Waals surface area contributed by atoms with Gasteiger partial charge in [-0.05, 0) is 53.6 Å². The van der Waals surface area contributed by atoms with Gasteiger partial charge < -0.3 is 11.1 Å². The molecule has 0 saturated carbocycles. The Bertz CT molecular complexity index is 1500. The third-order valence-electron chi connectivity index (χ3n) is 6.50. The number of halogens is 5. The molecule has 0 bridgehead atoms. The van der Waals surface area contributed by atoms with Crippen LogP contribution in [0.1, 0.15) is 33.1 Å². The van der Waals surface area contributed by atoms with Crippen molar-refractivity contribution in [2.45, 2.75) is 18.3 Å². The van der Waals surface area contributed by atoms with Crippen LogP contribution < -0.4 is 15.4 Å². The molecule has 0 aromatic heterocycles. The highest BCUT2D eigenvalue weighted by Gasteiger charge is 2.42. The molecule has 2 amide bonds. The number of carbonyl (C=O) groups excluding carboxylic acids is 2. The summed E-state index contributed by atoms with van der Waals surface area (Å²) in [6.45, 7) is -0.264. The molecule has 3 N–H and O–H groups in total. The number of hydrogen-bond acceptors (Lipinski definition) is 5. The summed E-state index contributed by atoms with van der Waals surface area (Å²) in [5.41, 5.74) is 4.74. The molecule has 41 heavy (non-hydrogen) atoms. The Morgan fingerprint density at radius 3 is 1.95 bits per heavy atom. The predicted octanol–water partition coefficient (Wildman–Crippen LogP) is 4.47. The first-order valence-electron chi connectivity index (χ1n) is 12.2. The summed E-state index contributed by atoms with van der Waals surface area (Å²) in [7, 11) is -4.10. The Hall–Kier alpha value is -3.32. The molecule has 14 heteroatoms. The Morgan fingerprint density at radius 2 is 1.51 bits per heavy atom. The maximum absolute atomic E-state index is 13.8. The van der Waals surface area contributed by atoms with Crippen molar-refractivity contribution in [1.29, 1.82) is 0 Å². The summed E-state index contributed by atoms with van der Waals surface area (Å²) < 4.78 is 68.1. The fraction of sp³-hybridized carbons (Fsp3) is 0.259. The minimum Gasteiger partial charge on any atom is -0.368 e. The molecular weight excluding hydrogens is 604 g/mol. The molecule has 3 aromatic carbocycles. The molecular formula is C27H25Cl2F3N4O4S. The molecule has 1 aliphatic rings. The van der Waals surface area contributed by atoms with Crippen molar-refractivity contribution >= 4 is 50.7 Å². The highest BCUT2D eigenvalue weighted by molar-refractivity contribution is 7.92. The smallest absolute Gasteiger partial charge is 0.368 e. The van der Waals surface area contributed by atoms with E-state index in [0.29, 0.717) is 22.2 Å². The van der Waals surface area contributed by atoms with Crippen LogP contribution >= 0.6 is 23.2 Å². The SMILES string of the molecule is CS(=O)(=O)N(c1cc(C(=O)NCC(N)=O)cc(C(F)(F)F)c1)C1CN(C(c2ccc(Cl)cc2)c2ccc(Cl)cc2)C1. The number of alkyl halides is 3. The van der Waals surface area contributed by atoms with Gasteiger partial charge in [-0.15, -0.1) is 0 Å². The first-order chi connectivity index (χ1) is 19.1. The Labute approximate surface area is 244 Å². The molecule has 0 radical (unpaired) electrons. The topological polar surface area (TPSA) is 113 Å². The number of hydrogen-bond donors (Lipinski definition) is 2. The van der Waals surface area contributed by atoms with Gasteiger partial charge >= 0.3 is 6.18 Å². The Kier molecular flexibility index (Phi) is 8.88.